The fourth-order valence-corrected chi connectivity index (χ4v) is 5.79. The largest absolute Gasteiger partial charge is 2.00 e. The van der Waals surface area contributed by atoms with E-state index in [1.807, 2.05) is 0 Å². The van der Waals surface area contributed by atoms with Crippen molar-refractivity contribution in [2.24, 2.45) is 0 Å². The Morgan fingerprint density at radius 1 is 0.808 bits per heavy atom. The fourth-order valence-electron chi connectivity index (χ4n) is 3.93. The molecule has 0 N–H and O–H groups in total. The van der Waals surface area contributed by atoms with Gasteiger partial charge in [-0.05, 0) is 51.6 Å². The molecule has 4 rings (SSSR count). The molecule has 0 aliphatic heterocycles. The number of allylic oxidation sites excluding steroid dienone is 1. The number of hydrogen-bond acceptors (Lipinski definition) is 0. The molecule has 1 atom stereocenters. The molecule has 0 heterocycles. The minimum atomic E-state index is -0.373. The van der Waals surface area contributed by atoms with E-state index in [0.29, 0.717) is 5.54 Å². The molecule has 1 aliphatic carbocycles. The topological polar surface area (TPSA) is 0 Å². The van der Waals surface area contributed by atoms with Crippen molar-refractivity contribution in [1.29, 1.82) is 0 Å². The van der Waals surface area contributed by atoms with Crippen molar-refractivity contribution in [2.75, 3.05) is 0 Å². The van der Waals surface area contributed by atoms with E-state index in [1.54, 1.807) is 0 Å². The van der Waals surface area contributed by atoms with Crippen LogP contribution in [-0.2, 0) is 26.2 Å². The first kappa shape index (κ1) is 23.4. The van der Waals surface area contributed by atoms with Gasteiger partial charge in [-0.3, -0.25) is 0 Å². The molecule has 0 saturated carbocycles. The van der Waals surface area contributed by atoms with Gasteiger partial charge in [-0.1, -0.05) is 79.3 Å². The van der Waals surface area contributed by atoms with Crippen LogP contribution in [0.3, 0.4) is 0 Å². The van der Waals surface area contributed by atoms with Crippen LogP contribution >= 0.6 is 0 Å². The Kier molecular flexibility index (Phi) is 8.55. The fraction of sp³-hybridized carbons (Fsp3) is 0.182. The average Bonchev–Trinajstić information content (AvgIpc) is 2.90. The summed E-state index contributed by atoms with van der Waals surface area (Å²) in [5.41, 5.74) is 7.87. The smallest absolute Gasteiger partial charge is 1.00 e. The second kappa shape index (κ2) is 9.51. The molecule has 1 unspecified atom stereocenters. The standard InChI is InChI=1S/C22H21Si.2ClH.Zr/c1-15-13-21-19(9-6-10-20(21)22(15)23(2)3)18-12-11-16-7-4-5-8-17(16)14-18;;;/h4-14,22H,1-3H3;2*1H;/q;;;+2/p-2. The first-order chi connectivity index (χ1) is 11.1. The first-order valence-electron chi connectivity index (χ1n) is 8.25. The molecule has 0 aromatic heterocycles. The van der Waals surface area contributed by atoms with Crippen molar-refractivity contribution < 1.29 is 51.0 Å². The van der Waals surface area contributed by atoms with Crippen LogP contribution in [-0.4, -0.2) is 8.80 Å². The minimum Gasteiger partial charge on any atom is -1.00 e. The number of rotatable bonds is 2. The van der Waals surface area contributed by atoms with E-state index in [4.69, 9.17) is 0 Å². The van der Waals surface area contributed by atoms with Gasteiger partial charge in [0.25, 0.3) is 0 Å². The molecule has 0 bridgehead atoms. The number of fused-ring (bicyclic) bond motifs is 2. The summed E-state index contributed by atoms with van der Waals surface area (Å²) in [4.78, 5) is 0. The molecular formula is C22H21Cl2SiZr. The van der Waals surface area contributed by atoms with Gasteiger partial charge >= 0.3 is 26.2 Å². The monoisotopic (exact) mass is 473 g/mol. The van der Waals surface area contributed by atoms with Gasteiger partial charge in [0.15, 0.2) is 0 Å². The molecule has 0 nitrogen and oxygen atoms in total. The molecule has 3 aromatic carbocycles. The van der Waals surface area contributed by atoms with E-state index < -0.39 is 0 Å². The van der Waals surface area contributed by atoms with E-state index in [9.17, 15) is 0 Å². The maximum atomic E-state index is 2.42. The first-order valence-corrected chi connectivity index (χ1v) is 10.8. The zero-order valence-electron chi connectivity index (χ0n) is 15.2. The van der Waals surface area contributed by atoms with Gasteiger partial charge < -0.3 is 24.8 Å². The van der Waals surface area contributed by atoms with Crippen LogP contribution < -0.4 is 24.8 Å². The summed E-state index contributed by atoms with van der Waals surface area (Å²) >= 11 is 0. The average molecular weight is 476 g/mol. The molecule has 1 aliphatic rings. The van der Waals surface area contributed by atoms with E-state index in [1.165, 1.54) is 38.6 Å². The van der Waals surface area contributed by atoms with Gasteiger partial charge in [-0.25, -0.2) is 0 Å². The summed E-state index contributed by atoms with van der Waals surface area (Å²) in [6, 6.07) is 22.2. The predicted molar refractivity (Wildman–Crippen MR) is 103 cm³/mol. The summed E-state index contributed by atoms with van der Waals surface area (Å²) in [5.74, 6) is 0. The van der Waals surface area contributed by atoms with Gasteiger partial charge in [0.1, 0.15) is 0 Å². The van der Waals surface area contributed by atoms with E-state index in [0.717, 1.165) is 0 Å². The van der Waals surface area contributed by atoms with Crippen molar-refractivity contribution in [3.63, 3.8) is 0 Å². The summed E-state index contributed by atoms with van der Waals surface area (Å²) in [6.07, 6.45) is 2.42. The maximum absolute atomic E-state index is 2.42. The molecule has 0 fully saturated rings. The Morgan fingerprint density at radius 3 is 2.19 bits per heavy atom. The molecule has 3 aromatic rings. The Bertz CT molecular complexity index is 934. The van der Waals surface area contributed by atoms with Crippen molar-refractivity contribution in [2.45, 2.75) is 25.6 Å². The van der Waals surface area contributed by atoms with Crippen molar-refractivity contribution in [3.8, 4) is 11.1 Å². The summed E-state index contributed by atoms with van der Waals surface area (Å²) in [6.45, 7) is 7.14. The van der Waals surface area contributed by atoms with E-state index >= 15 is 0 Å². The third kappa shape index (κ3) is 4.09. The normalized spacial score (nSPS) is 14.8. The second-order valence-corrected chi connectivity index (χ2v) is 9.50. The van der Waals surface area contributed by atoms with Gasteiger partial charge in [0.05, 0.1) is 8.80 Å². The van der Waals surface area contributed by atoms with E-state index in [-0.39, 0.29) is 59.8 Å². The molecule has 131 valence electrons. The van der Waals surface area contributed by atoms with Crippen LogP contribution in [0.4, 0.5) is 0 Å². The van der Waals surface area contributed by atoms with Gasteiger partial charge in [0, 0.05) is 0 Å². The van der Waals surface area contributed by atoms with Crippen LogP contribution in [0.5, 0.6) is 0 Å². The van der Waals surface area contributed by atoms with Crippen LogP contribution in [0.25, 0.3) is 28.0 Å². The molecule has 0 saturated heterocycles. The van der Waals surface area contributed by atoms with Gasteiger partial charge in [0.2, 0.25) is 0 Å². The number of benzene rings is 3. The van der Waals surface area contributed by atoms with Crippen LogP contribution in [0.2, 0.25) is 13.1 Å². The van der Waals surface area contributed by atoms with Gasteiger partial charge in [-0.15, -0.1) is 0 Å². The molecule has 1 radical (unpaired) electrons. The van der Waals surface area contributed by atoms with Crippen LogP contribution in [0.1, 0.15) is 23.6 Å². The quantitative estimate of drug-likeness (QED) is 0.468. The third-order valence-electron chi connectivity index (χ3n) is 4.92. The Labute approximate surface area is 189 Å². The summed E-state index contributed by atoms with van der Waals surface area (Å²) in [5, 5.41) is 2.62. The predicted octanol–water partition coefficient (Wildman–Crippen LogP) is 0.306. The summed E-state index contributed by atoms with van der Waals surface area (Å²) in [7, 11) is -0.373. The summed E-state index contributed by atoms with van der Waals surface area (Å²) < 4.78 is 0. The number of halogens is 2. The van der Waals surface area contributed by atoms with Crippen molar-refractivity contribution in [1.82, 2.24) is 0 Å². The van der Waals surface area contributed by atoms with E-state index in [2.05, 4.69) is 86.8 Å². The van der Waals surface area contributed by atoms with Gasteiger partial charge in [-0.2, -0.15) is 0 Å². The molecule has 0 amide bonds. The molecular weight excluding hydrogens is 454 g/mol. The SMILES string of the molecule is CC1=Cc2c(-c3ccc4ccccc4c3)cccc2C1[Si](C)C.[Cl-].[Cl-].[Zr+2]. The molecule has 26 heavy (non-hydrogen) atoms. The molecule has 4 heteroatoms. The number of hydrogen-bond donors (Lipinski definition) is 0. The second-order valence-electron chi connectivity index (χ2n) is 6.77. The van der Waals surface area contributed by atoms with Crippen LogP contribution in [0, 0.1) is 0 Å². The zero-order chi connectivity index (χ0) is 16.0. The Hall–Kier alpha value is -0.660. The molecule has 0 spiro atoms. The maximum Gasteiger partial charge on any atom is 2.00 e. The Morgan fingerprint density at radius 2 is 1.50 bits per heavy atom. The van der Waals surface area contributed by atoms with Crippen LogP contribution in [0.15, 0.2) is 66.2 Å². The Balaban J connectivity index is 0.00000113. The minimum absolute atomic E-state index is 0. The van der Waals surface area contributed by atoms with Crippen molar-refractivity contribution in [3.05, 3.63) is 77.4 Å². The van der Waals surface area contributed by atoms with Crippen molar-refractivity contribution >= 4 is 25.6 Å². The zero-order valence-corrected chi connectivity index (χ0v) is 20.2. The third-order valence-corrected chi connectivity index (χ3v) is 6.84.